The number of ether oxygens (including phenoxy) is 5. The largest absolute Gasteiger partial charge is 0.342 e. The first-order valence-electron chi connectivity index (χ1n) is 9.88. The van der Waals surface area contributed by atoms with Crippen LogP contribution in [0.15, 0.2) is 42.5 Å². The molecule has 0 radical (unpaired) electrons. The van der Waals surface area contributed by atoms with Crippen LogP contribution in [0.1, 0.15) is 27.7 Å². The third kappa shape index (κ3) is 3.33. The van der Waals surface area contributed by atoms with E-state index in [0.29, 0.717) is 0 Å². The third-order valence-corrected chi connectivity index (χ3v) is 5.46. The van der Waals surface area contributed by atoms with E-state index in [4.69, 9.17) is 23.7 Å². The van der Waals surface area contributed by atoms with Gasteiger partial charge in [0.05, 0.1) is 0 Å². The average molecular weight is 399 g/mol. The Labute approximate surface area is 169 Å². The van der Waals surface area contributed by atoms with Gasteiger partial charge < -0.3 is 29.0 Å². The molecule has 3 heterocycles. The van der Waals surface area contributed by atoms with Gasteiger partial charge in [0.15, 0.2) is 24.0 Å². The van der Waals surface area contributed by atoms with Gasteiger partial charge in [0.1, 0.15) is 18.3 Å². The van der Waals surface area contributed by atoms with Gasteiger partial charge in [-0.3, -0.25) is 4.79 Å². The maximum atomic E-state index is 13.2. The second-order valence-corrected chi connectivity index (χ2v) is 8.61. The topological polar surface area (TPSA) is 75.3 Å². The standard InChI is InChI=1S/C22H25NO6/c1-21(2)26-15-16(27-21)18-20(29-22(3,4)28-18)25-17(15)19(24)23-14-11-7-9-12-8-5-6-10-13(12)14/h5-11,15-18,20H,1-4H3,(H,23,24)/t15-,16-,17+,18+,20-/m0/s1. The molecule has 0 spiro atoms. The van der Waals surface area contributed by atoms with Crippen molar-refractivity contribution in [1.82, 2.24) is 0 Å². The Balaban J connectivity index is 1.44. The molecule has 0 aromatic heterocycles. The van der Waals surface area contributed by atoms with Gasteiger partial charge in [0.2, 0.25) is 0 Å². The quantitative estimate of drug-likeness (QED) is 0.836. The van der Waals surface area contributed by atoms with Crippen molar-refractivity contribution in [1.29, 1.82) is 0 Å². The number of hydrogen-bond acceptors (Lipinski definition) is 6. The minimum absolute atomic E-state index is 0.301. The van der Waals surface area contributed by atoms with Crippen LogP contribution in [0.4, 0.5) is 5.69 Å². The van der Waals surface area contributed by atoms with E-state index in [1.807, 2.05) is 70.2 Å². The van der Waals surface area contributed by atoms with Crippen LogP contribution in [-0.4, -0.2) is 48.2 Å². The average Bonchev–Trinajstić information content (AvgIpc) is 3.15. The van der Waals surface area contributed by atoms with E-state index in [1.54, 1.807) is 0 Å². The van der Waals surface area contributed by atoms with Crippen molar-refractivity contribution >= 4 is 22.4 Å². The van der Waals surface area contributed by atoms with E-state index in [1.165, 1.54) is 0 Å². The zero-order chi connectivity index (χ0) is 20.4. The van der Waals surface area contributed by atoms with Crippen LogP contribution in [-0.2, 0) is 28.5 Å². The minimum Gasteiger partial charge on any atom is -0.342 e. The lowest BCUT2D eigenvalue weighted by atomic mass is 9.98. The van der Waals surface area contributed by atoms with Crippen LogP contribution in [0.25, 0.3) is 10.8 Å². The minimum atomic E-state index is -0.889. The Morgan fingerprint density at radius 1 is 0.828 bits per heavy atom. The fraction of sp³-hybridized carbons (Fsp3) is 0.500. The summed E-state index contributed by atoms with van der Waals surface area (Å²) in [6.45, 7) is 7.27. The monoisotopic (exact) mass is 399 g/mol. The van der Waals surface area contributed by atoms with Crippen molar-refractivity contribution < 1.29 is 28.5 Å². The van der Waals surface area contributed by atoms with Crippen LogP contribution in [0.2, 0.25) is 0 Å². The lowest BCUT2D eigenvalue weighted by Gasteiger charge is -2.36. The molecule has 0 unspecified atom stereocenters. The zero-order valence-electron chi connectivity index (χ0n) is 16.9. The van der Waals surface area contributed by atoms with Crippen molar-refractivity contribution in [3.63, 3.8) is 0 Å². The Kier molecular flexibility index (Phi) is 4.24. The molecule has 0 saturated carbocycles. The molecule has 1 amide bonds. The first kappa shape index (κ1) is 19.0. The summed E-state index contributed by atoms with van der Waals surface area (Å²) >= 11 is 0. The second kappa shape index (κ2) is 6.48. The molecule has 5 atom stereocenters. The van der Waals surface area contributed by atoms with Crippen molar-refractivity contribution in [2.24, 2.45) is 0 Å². The van der Waals surface area contributed by atoms with Crippen molar-refractivity contribution in [2.75, 3.05) is 5.32 Å². The summed E-state index contributed by atoms with van der Waals surface area (Å²) in [5, 5.41) is 5.00. The third-order valence-electron chi connectivity index (χ3n) is 5.46. The molecule has 0 bridgehead atoms. The Morgan fingerprint density at radius 2 is 1.48 bits per heavy atom. The highest BCUT2D eigenvalue weighted by Crippen LogP contribution is 2.44. The molecule has 3 saturated heterocycles. The fourth-order valence-corrected chi connectivity index (χ4v) is 4.36. The molecule has 2 aromatic rings. The lowest BCUT2D eigenvalue weighted by molar-refractivity contribution is -0.229. The first-order valence-corrected chi connectivity index (χ1v) is 9.88. The molecule has 29 heavy (non-hydrogen) atoms. The van der Waals surface area contributed by atoms with Gasteiger partial charge in [-0.25, -0.2) is 0 Å². The van der Waals surface area contributed by atoms with E-state index in [2.05, 4.69) is 5.32 Å². The predicted molar refractivity (Wildman–Crippen MR) is 105 cm³/mol. The number of anilines is 1. The summed E-state index contributed by atoms with van der Waals surface area (Å²) in [6.07, 6.45) is -3.11. The summed E-state index contributed by atoms with van der Waals surface area (Å²) < 4.78 is 30.0. The van der Waals surface area contributed by atoms with Gasteiger partial charge >= 0.3 is 0 Å². The van der Waals surface area contributed by atoms with Gasteiger partial charge in [-0.15, -0.1) is 0 Å². The predicted octanol–water partition coefficient (Wildman–Crippen LogP) is 3.17. The van der Waals surface area contributed by atoms with Crippen LogP contribution < -0.4 is 5.32 Å². The maximum Gasteiger partial charge on any atom is 0.256 e. The fourth-order valence-electron chi connectivity index (χ4n) is 4.36. The Hall–Kier alpha value is -2.03. The second-order valence-electron chi connectivity index (χ2n) is 8.61. The molecule has 3 aliphatic rings. The van der Waals surface area contributed by atoms with E-state index < -0.39 is 42.3 Å². The van der Waals surface area contributed by atoms with E-state index in [-0.39, 0.29) is 5.91 Å². The van der Waals surface area contributed by atoms with Gasteiger partial charge in [-0.2, -0.15) is 0 Å². The number of amides is 1. The summed E-state index contributed by atoms with van der Waals surface area (Å²) in [4.78, 5) is 13.2. The van der Waals surface area contributed by atoms with E-state index in [9.17, 15) is 4.79 Å². The molecule has 7 nitrogen and oxygen atoms in total. The van der Waals surface area contributed by atoms with Crippen molar-refractivity contribution in [3.8, 4) is 0 Å². The van der Waals surface area contributed by atoms with Crippen molar-refractivity contribution in [3.05, 3.63) is 42.5 Å². The van der Waals surface area contributed by atoms with Gasteiger partial charge in [-0.05, 0) is 39.1 Å². The zero-order valence-corrected chi connectivity index (χ0v) is 16.9. The van der Waals surface area contributed by atoms with Crippen LogP contribution >= 0.6 is 0 Å². The number of carbonyl (C=O) groups is 1. The lowest BCUT2D eigenvalue weighted by Crippen LogP contribution is -2.58. The molecule has 1 N–H and O–H groups in total. The number of hydrogen-bond donors (Lipinski definition) is 1. The molecule has 3 fully saturated rings. The molecule has 3 aliphatic heterocycles. The van der Waals surface area contributed by atoms with E-state index in [0.717, 1.165) is 16.5 Å². The molecule has 7 heteroatoms. The highest BCUT2D eigenvalue weighted by Gasteiger charge is 2.62. The highest BCUT2D eigenvalue weighted by atomic mass is 16.9. The van der Waals surface area contributed by atoms with Gasteiger partial charge in [0, 0.05) is 11.1 Å². The van der Waals surface area contributed by atoms with Crippen LogP contribution in [0.3, 0.4) is 0 Å². The van der Waals surface area contributed by atoms with Crippen molar-refractivity contribution in [2.45, 2.75) is 70.0 Å². The number of carbonyl (C=O) groups excluding carboxylic acids is 1. The molecule has 0 aliphatic carbocycles. The van der Waals surface area contributed by atoms with Gasteiger partial charge in [0.25, 0.3) is 5.91 Å². The number of benzene rings is 2. The molecule has 154 valence electrons. The SMILES string of the molecule is CC1(C)O[C@@H]2O[C@@H](C(=O)Nc3cccc4ccccc34)[C@H]3OC(C)(C)O[C@@H]3[C@H]2O1. The summed E-state index contributed by atoms with van der Waals surface area (Å²) in [5.74, 6) is -1.97. The van der Waals surface area contributed by atoms with E-state index >= 15 is 0 Å². The number of nitrogens with one attached hydrogen (secondary N) is 1. The summed E-state index contributed by atoms with van der Waals surface area (Å²) in [5.41, 5.74) is 0.720. The molecule has 5 rings (SSSR count). The highest BCUT2D eigenvalue weighted by molar-refractivity contribution is 6.03. The Bertz CT molecular complexity index is 952. The first-order chi connectivity index (χ1) is 13.7. The number of rotatable bonds is 2. The summed E-state index contributed by atoms with van der Waals surface area (Å²) in [7, 11) is 0. The van der Waals surface area contributed by atoms with Gasteiger partial charge in [-0.1, -0.05) is 36.4 Å². The smallest absolute Gasteiger partial charge is 0.256 e. The maximum absolute atomic E-state index is 13.2. The summed E-state index contributed by atoms with van der Waals surface area (Å²) in [6, 6.07) is 13.7. The normalized spacial score (nSPS) is 34.6. The van der Waals surface area contributed by atoms with Crippen LogP contribution in [0, 0.1) is 0 Å². The van der Waals surface area contributed by atoms with Crippen LogP contribution in [0.5, 0.6) is 0 Å². The molecular formula is C22H25NO6. The molecular weight excluding hydrogens is 374 g/mol. The Morgan fingerprint density at radius 3 is 2.31 bits per heavy atom. The molecule has 2 aromatic carbocycles. The number of fused-ring (bicyclic) bond motifs is 4.